The normalized spacial score (nSPS) is 11.2. The SMILES string of the molecule is CCC(CC)(NC(=O)c1ccc(Cl)c(Br)c1)C(N)=S. The molecule has 0 aliphatic rings. The molecule has 3 N–H and O–H groups in total. The van der Waals surface area contributed by atoms with Crippen molar-refractivity contribution in [1.29, 1.82) is 0 Å². The first-order valence-corrected chi connectivity index (χ1v) is 7.51. The molecule has 104 valence electrons. The monoisotopic (exact) mass is 362 g/mol. The van der Waals surface area contributed by atoms with Gasteiger partial charge in [0.25, 0.3) is 5.91 Å². The molecule has 0 aliphatic heterocycles. The van der Waals surface area contributed by atoms with Crippen LogP contribution in [0.3, 0.4) is 0 Å². The van der Waals surface area contributed by atoms with Crippen LogP contribution in [0.1, 0.15) is 37.0 Å². The molecule has 0 fully saturated rings. The second kappa shape index (κ2) is 6.68. The number of benzene rings is 1. The molecule has 1 rings (SSSR count). The summed E-state index contributed by atoms with van der Waals surface area (Å²) in [5.74, 6) is -0.214. The van der Waals surface area contributed by atoms with E-state index in [-0.39, 0.29) is 5.91 Å². The van der Waals surface area contributed by atoms with E-state index in [0.29, 0.717) is 32.9 Å². The summed E-state index contributed by atoms with van der Waals surface area (Å²) >= 11 is 14.3. The Labute approximate surface area is 132 Å². The minimum Gasteiger partial charge on any atom is -0.391 e. The highest BCUT2D eigenvalue weighted by Gasteiger charge is 2.31. The van der Waals surface area contributed by atoms with Gasteiger partial charge in [0.2, 0.25) is 0 Å². The summed E-state index contributed by atoms with van der Waals surface area (Å²) in [6, 6.07) is 5.01. The van der Waals surface area contributed by atoms with Crippen molar-refractivity contribution in [2.24, 2.45) is 5.73 Å². The Balaban J connectivity index is 3.00. The van der Waals surface area contributed by atoms with Gasteiger partial charge in [-0.25, -0.2) is 0 Å². The van der Waals surface area contributed by atoms with Crippen LogP contribution in [-0.4, -0.2) is 16.4 Å². The number of carbonyl (C=O) groups excluding carboxylic acids is 1. The van der Waals surface area contributed by atoms with E-state index in [2.05, 4.69) is 21.2 Å². The number of amides is 1. The molecule has 0 radical (unpaired) electrons. The van der Waals surface area contributed by atoms with E-state index in [1.165, 1.54) is 0 Å². The fourth-order valence-electron chi connectivity index (χ4n) is 1.76. The molecule has 19 heavy (non-hydrogen) atoms. The number of hydrogen-bond acceptors (Lipinski definition) is 2. The predicted molar refractivity (Wildman–Crippen MR) is 86.7 cm³/mol. The third-order valence-electron chi connectivity index (χ3n) is 3.21. The third kappa shape index (κ3) is 3.68. The van der Waals surface area contributed by atoms with Crippen LogP contribution in [0.4, 0.5) is 0 Å². The van der Waals surface area contributed by atoms with Gasteiger partial charge in [-0.05, 0) is 47.0 Å². The first-order valence-electron chi connectivity index (χ1n) is 5.93. The van der Waals surface area contributed by atoms with E-state index in [4.69, 9.17) is 29.6 Å². The van der Waals surface area contributed by atoms with Crippen LogP contribution >= 0.6 is 39.7 Å². The van der Waals surface area contributed by atoms with E-state index in [1.807, 2.05) is 13.8 Å². The van der Waals surface area contributed by atoms with Crippen molar-refractivity contribution in [2.45, 2.75) is 32.2 Å². The van der Waals surface area contributed by atoms with E-state index in [0.717, 1.165) is 0 Å². The van der Waals surface area contributed by atoms with Crippen molar-refractivity contribution >= 4 is 50.6 Å². The molecule has 0 unspecified atom stereocenters. The number of nitrogens with two attached hydrogens (primary N) is 1. The number of thiocarbonyl (C=S) groups is 1. The summed E-state index contributed by atoms with van der Waals surface area (Å²) in [5, 5.41) is 3.48. The van der Waals surface area contributed by atoms with Crippen LogP contribution < -0.4 is 11.1 Å². The lowest BCUT2D eigenvalue weighted by atomic mass is 9.92. The van der Waals surface area contributed by atoms with Crippen molar-refractivity contribution in [2.75, 3.05) is 0 Å². The quantitative estimate of drug-likeness (QED) is 0.785. The zero-order chi connectivity index (χ0) is 14.6. The Morgan fingerprint density at radius 3 is 2.47 bits per heavy atom. The fraction of sp³-hybridized carbons (Fsp3) is 0.385. The van der Waals surface area contributed by atoms with E-state index < -0.39 is 5.54 Å². The summed E-state index contributed by atoms with van der Waals surface area (Å²) in [5.41, 5.74) is 5.63. The maximum absolute atomic E-state index is 12.3. The molecule has 0 saturated carbocycles. The highest BCUT2D eigenvalue weighted by atomic mass is 79.9. The third-order valence-corrected chi connectivity index (χ3v) is 4.82. The van der Waals surface area contributed by atoms with Gasteiger partial charge in [-0.3, -0.25) is 4.79 Å². The standard InChI is InChI=1S/C13H16BrClN2OS/c1-3-13(4-2,12(16)19)17-11(18)8-5-6-10(15)9(14)7-8/h5-7H,3-4H2,1-2H3,(H2,16,19)(H,17,18). The lowest BCUT2D eigenvalue weighted by Gasteiger charge is -2.31. The molecule has 1 aromatic carbocycles. The van der Waals surface area contributed by atoms with Gasteiger partial charge in [-0.2, -0.15) is 0 Å². The zero-order valence-electron chi connectivity index (χ0n) is 10.8. The maximum atomic E-state index is 12.3. The summed E-state index contributed by atoms with van der Waals surface area (Å²) < 4.78 is 0.677. The molecule has 1 aromatic rings. The molecule has 6 heteroatoms. The summed E-state index contributed by atoms with van der Waals surface area (Å²) in [6.45, 7) is 3.89. The van der Waals surface area contributed by atoms with Crippen LogP contribution in [0.5, 0.6) is 0 Å². The molecule has 0 bridgehead atoms. The molecule has 3 nitrogen and oxygen atoms in total. The molecule has 0 atom stereocenters. The number of rotatable bonds is 5. The van der Waals surface area contributed by atoms with Crippen molar-refractivity contribution < 1.29 is 4.79 Å². The highest BCUT2D eigenvalue weighted by molar-refractivity contribution is 9.10. The molecule has 0 saturated heterocycles. The van der Waals surface area contributed by atoms with Crippen molar-refractivity contribution in [1.82, 2.24) is 5.32 Å². The lowest BCUT2D eigenvalue weighted by Crippen LogP contribution is -2.55. The second-order valence-electron chi connectivity index (χ2n) is 4.24. The minimum absolute atomic E-state index is 0.214. The van der Waals surface area contributed by atoms with Gasteiger partial charge < -0.3 is 11.1 Å². The van der Waals surface area contributed by atoms with Crippen LogP contribution in [0.15, 0.2) is 22.7 Å². The largest absolute Gasteiger partial charge is 0.391 e. The molecular formula is C13H16BrClN2OS. The number of halogens is 2. The number of hydrogen-bond donors (Lipinski definition) is 2. The lowest BCUT2D eigenvalue weighted by molar-refractivity contribution is 0.0920. The topological polar surface area (TPSA) is 55.1 Å². The summed E-state index contributed by atoms with van der Waals surface area (Å²) in [4.78, 5) is 12.6. The first-order chi connectivity index (χ1) is 8.86. The minimum atomic E-state index is -0.640. The molecule has 0 aliphatic carbocycles. The zero-order valence-corrected chi connectivity index (χ0v) is 14.0. The average molecular weight is 364 g/mol. The Bertz CT molecular complexity index is 503. The first kappa shape index (κ1) is 16.4. The van der Waals surface area contributed by atoms with Crippen LogP contribution in [0.2, 0.25) is 5.02 Å². The highest BCUT2D eigenvalue weighted by Crippen LogP contribution is 2.24. The molecule has 0 aromatic heterocycles. The van der Waals surface area contributed by atoms with Crippen LogP contribution in [-0.2, 0) is 0 Å². The van der Waals surface area contributed by atoms with Gasteiger partial charge in [0.15, 0.2) is 0 Å². The average Bonchev–Trinajstić information content (AvgIpc) is 2.38. The summed E-state index contributed by atoms with van der Waals surface area (Å²) in [7, 11) is 0. The number of carbonyl (C=O) groups is 1. The Morgan fingerprint density at radius 2 is 2.05 bits per heavy atom. The van der Waals surface area contributed by atoms with Gasteiger partial charge in [0.05, 0.1) is 15.6 Å². The Morgan fingerprint density at radius 1 is 1.47 bits per heavy atom. The molecule has 0 spiro atoms. The summed E-state index contributed by atoms with van der Waals surface area (Å²) in [6.07, 6.45) is 1.30. The van der Waals surface area contributed by atoms with Gasteiger partial charge in [0.1, 0.15) is 0 Å². The predicted octanol–water partition coefficient (Wildman–Crippen LogP) is 3.68. The van der Waals surface area contributed by atoms with E-state index >= 15 is 0 Å². The van der Waals surface area contributed by atoms with E-state index in [1.54, 1.807) is 18.2 Å². The second-order valence-corrected chi connectivity index (χ2v) is 5.94. The van der Waals surface area contributed by atoms with Crippen LogP contribution in [0, 0.1) is 0 Å². The fourth-order valence-corrected chi connectivity index (χ4v) is 2.60. The number of nitrogens with one attached hydrogen (secondary N) is 1. The van der Waals surface area contributed by atoms with Gasteiger partial charge >= 0.3 is 0 Å². The van der Waals surface area contributed by atoms with Gasteiger partial charge in [0, 0.05) is 10.0 Å². The van der Waals surface area contributed by atoms with Crippen LogP contribution in [0.25, 0.3) is 0 Å². The molecule has 0 heterocycles. The molecule has 1 amide bonds. The van der Waals surface area contributed by atoms with Crippen molar-refractivity contribution in [3.8, 4) is 0 Å². The molecular weight excluding hydrogens is 348 g/mol. The van der Waals surface area contributed by atoms with E-state index in [9.17, 15) is 4.79 Å². The smallest absolute Gasteiger partial charge is 0.252 e. The van der Waals surface area contributed by atoms with Crippen molar-refractivity contribution in [3.63, 3.8) is 0 Å². The Hall–Kier alpha value is -0.650. The maximum Gasteiger partial charge on any atom is 0.252 e. The Kier molecular flexibility index (Phi) is 5.77. The van der Waals surface area contributed by atoms with Crippen molar-refractivity contribution in [3.05, 3.63) is 33.3 Å². The van der Waals surface area contributed by atoms with Gasteiger partial charge in [-0.15, -0.1) is 0 Å². The van der Waals surface area contributed by atoms with Gasteiger partial charge in [-0.1, -0.05) is 37.7 Å².